The molecule has 40 heavy (non-hydrogen) atoms. The van der Waals surface area contributed by atoms with E-state index in [1.807, 2.05) is 97.9 Å². The molecule has 0 aliphatic carbocycles. The van der Waals surface area contributed by atoms with Gasteiger partial charge < -0.3 is 10.1 Å². The maximum absolute atomic E-state index is 13.9. The Balaban J connectivity index is 1.41. The van der Waals surface area contributed by atoms with Crippen LogP contribution in [0.3, 0.4) is 0 Å². The van der Waals surface area contributed by atoms with Gasteiger partial charge in [0.05, 0.1) is 23.0 Å². The highest BCUT2D eigenvalue weighted by molar-refractivity contribution is 8.04. The topological polar surface area (TPSA) is 92.8 Å². The van der Waals surface area contributed by atoms with Crippen LogP contribution in [-0.2, 0) is 36.3 Å². The molecule has 2 unspecified atom stereocenters. The van der Waals surface area contributed by atoms with E-state index in [0.29, 0.717) is 10.7 Å². The molecular formula is C31H30N2O5S2. The number of nitrogens with one attached hydrogen (secondary N) is 1. The Morgan fingerprint density at radius 2 is 1.55 bits per heavy atom. The largest absolute Gasteiger partial charge is 0.448 e. The van der Waals surface area contributed by atoms with Crippen molar-refractivity contribution < 1.29 is 23.3 Å². The molecule has 1 fully saturated rings. The van der Waals surface area contributed by atoms with Gasteiger partial charge in [-0.25, -0.2) is 4.79 Å². The van der Waals surface area contributed by atoms with E-state index in [-0.39, 0.29) is 23.8 Å². The smallest absolute Gasteiger partial charge is 0.356 e. The average molecular weight is 575 g/mol. The first-order valence-electron chi connectivity index (χ1n) is 13.2. The molecule has 0 radical (unpaired) electrons. The second-order valence-corrected chi connectivity index (χ2v) is 12.3. The van der Waals surface area contributed by atoms with E-state index in [1.165, 1.54) is 16.7 Å². The van der Waals surface area contributed by atoms with Crippen LogP contribution in [0.4, 0.5) is 0 Å². The van der Waals surface area contributed by atoms with Gasteiger partial charge >= 0.3 is 5.97 Å². The highest BCUT2D eigenvalue weighted by Gasteiger charge is 2.57. The Labute approximate surface area is 240 Å². The van der Waals surface area contributed by atoms with Crippen molar-refractivity contribution >= 4 is 40.3 Å². The van der Waals surface area contributed by atoms with E-state index in [1.54, 1.807) is 0 Å². The fourth-order valence-electron chi connectivity index (χ4n) is 4.82. The second-order valence-electron chi connectivity index (χ2n) is 9.56. The number of amides is 2. The number of carbonyl (C=O) groups is 3. The van der Waals surface area contributed by atoms with Crippen LogP contribution in [0.1, 0.15) is 36.1 Å². The monoisotopic (exact) mass is 574 g/mol. The Hall–Kier alpha value is -3.69. The quantitative estimate of drug-likeness (QED) is 0.286. The third-order valence-electron chi connectivity index (χ3n) is 6.72. The fraction of sp³-hybridized carbons (Fsp3) is 0.258. The SMILES string of the molecule is CCCSC1=C(C(=O)OC(c2ccccc2)c2ccccc2)N2C(=O)C(NC(=O)Cc3ccccc3)[C@H]2S(=O)C1. The van der Waals surface area contributed by atoms with Crippen molar-refractivity contribution in [1.82, 2.24) is 10.2 Å². The Bertz CT molecular complexity index is 1390. The van der Waals surface area contributed by atoms with Crippen molar-refractivity contribution in [1.29, 1.82) is 0 Å². The van der Waals surface area contributed by atoms with Gasteiger partial charge in [0.1, 0.15) is 17.1 Å². The van der Waals surface area contributed by atoms with E-state index in [9.17, 15) is 18.6 Å². The first-order chi connectivity index (χ1) is 19.5. The summed E-state index contributed by atoms with van der Waals surface area (Å²) < 4.78 is 19.4. The number of fused-ring (bicyclic) bond motifs is 1. The molecule has 206 valence electrons. The van der Waals surface area contributed by atoms with E-state index in [0.717, 1.165) is 23.1 Å². The fourth-order valence-corrected chi connectivity index (χ4v) is 7.77. The van der Waals surface area contributed by atoms with Gasteiger partial charge in [-0.3, -0.25) is 18.7 Å². The third kappa shape index (κ3) is 5.90. The molecule has 1 N–H and O–H groups in total. The molecule has 2 amide bonds. The minimum Gasteiger partial charge on any atom is -0.448 e. The van der Waals surface area contributed by atoms with Gasteiger partial charge in [-0.15, -0.1) is 11.8 Å². The number of esters is 1. The van der Waals surface area contributed by atoms with Crippen molar-refractivity contribution in [2.75, 3.05) is 11.5 Å². The molecule has 7 nitrogen and oxygen atoms in total. The number of hydrogen-bond donors (Lipinski definition) is 1. The molecule has 2 aliphatic rings. The second kappa shape index (κ2) is 12.7. The van der Waals surface area contributed by atoms with Crippen LogP contribution in [0.25, 0.3) is 0 Å². The van der Waals surface area contributed by atoms with Gasteiger partial charge in [0, 0.05) is 4.91 Å². The zero-order valence-electron chi connectivity index (χ0n) is 22.0. The van der Waals surface area contributed by atoms with E-state index in [2.05, 4.69) is 5.32 Å². The van der Waals surface area contributed by atoms with Crippen LogP contribution < -0.4 is 5.32 Å². The summed E-state index contributed by atoms with van der Waals surface area (Å²) in [7, 11) is -1.49. The van der Waals surface area contributed by atoms with E-state index >= 15 is 0 Å². The molecule has 2 aliphatic heterocycles. The summed E-state index contributed by atoms with van der Waals surface area (Å²) in [6.45, 7) is 2.02. The molecule has 2 heterocycles. The van der Waals surface area contributed by atoms with Gasteiger partial charge in [0.15, 0.2) is 6.10 Å². The number of rotatable bonds is 10. The Kier molecular flexibility index (Phi) is 8.81. The number of hydrogen-bond acceptors (Lipinski definition) is 6. The molecular weight excluding hydrogens is 544 g/mol. The van der Waals surface area contributed by atoms with Crippen molar-refractivity contribution in [2.45, 2.75) is 37.3 Å². The van der Waals surface area contributed by atoms with Crippen molar-refractivity contribution in [3.63, 3.8) is 0 Å². The molecule has 1 saturated heterocycles. The predicted molar refractivity (Wildman–Crippen MR) is 156 cm³/mol. The molecule has 0 aromatic heterocycles. The first kappa shape index (κ1) is 27.9. The predicted octanol–water partition coefficient (Wildman–Crippen LogP) is 4.33. The van der Waals surface area contributed by atoms with Crippen LogP contribution >= 0.6 is 11.8 Å². The minimum absolute atomic E-state index is 0.0994. The number of ether oxygens (including phenoxy) is 1. The normalized spacial score (nSPS) is 20.1. The van der Waals surface area contributed by atoms with Gasteiger partial charge in [-0.1, -0.05) is 97.9 Å². The summed E-state index contributed by atoms with van der Waals surface area (Å²) in [4.78, 5) is 41.9. The van der Waals surface area contributed by atoms with Gasteiger partial charge in [-0.2, -0.15) is 0 Å². The first-order valence-corrected chi connectivity index (χ1v) is 15.5. The highest BCUT2D eigenvalue weighted by atomic mass is 32.2. The van der Waals surface area contributed by atoms with E-state index < -0.39 is 40.2 Å². The van der Waals surface area contributed by atoms with Crippen LogP contribution in [0, 0.1) is 0 Å². The Morgan fingerprint density at radius 3 is 2.12 bits per heavy atom. The summed E-state index contributed by atoms with van der Waals surface area (Å²) in [5.41, 5.74) is 2.52. The zero-order valence-corrected chi connectivity index (χ0v) is 23.7. The highest BCUT2D eigenvalue weighted by Crippen LogP contribution is 2.40. The van der Waals surface area contributed by atoms with Crippen molar-refractivity contribution in [3.8, 4) is 0 Å². The molecule has 0 bridgehead atoms. The Morgan fingerprint density at radius 1 is 0.975 bits per heavy atom. The lowest BCUT2D eigenvalue weighted by molar-refractivity contribution is -0.154. The summed E-state index contributed by atoms with van der Waals surface area (Å²) in [5.74, 6) is -0.629. The summed E-state index contributed by atoms with van der Waals surface area (Å²) in [6.07, 6.45) is 0.251. The van der Waals surface area contributed by atoms with Gasteiger partial charge in [-0.05, 0) is 28.9 Å². The van der Waals surface area contributed by atoms with Crippen LogP contribution in [0.2, 0.25) is 0 Å². The number of β-lactam (4-membered cyclic amide) rings is 1. The van der Waals surface area contributed by atoms with Crippen molar-refractivity contribution in [2.24, 2.45) is 0 Å². The van der Waals surface area contributed by atoms with Gasteiger partial charge in [0.25, 0.3) is 5.91 Å². The lowest BCUT2D eigenvalue weighted by Crippen LogP contribution is -2.73. The molecule has 0 spiro atoms. The molecule has 0 saturated carbocycles. The molecule has 3 aromatic carbocycles. The lowest BCUT2D eigenvalue weighted by atomic mass is 10.0. The standard InChI is InChI=1S/C31H30N2O5S2/c1-2-18-39-24-20-40(37)30-26(32-25(34)19-21-12-6-3-7-13-21)29(35)33(30)27(24)31(36)38-28(22-14-8-4-9-15-22)23-16-10-5-11-17-23/h3-17,26,28,30H,2,18-20H2,1H3,(H,32,34)/t26?,30-,40?/m1/s1. The number of carbonyl (C=O) groups excluding carboxylic acids is 3. The van der Waals surface area contributed by atoms with E-state index in [4.69, 9.17) is 4.74 Å². The van der Waals surface area contributed by atoms with Crippen molar-refractivity contribution in [3.05, 3.63) is 118 Å². The number of thioether (sulfide) groups is 1. The maximum atomic E-state index is 13.9. The summed E-state index contributed by atoms with van der Waals surface area (Å²) in [5, 5.41) is 1.92. The maximum Gasteiger partial charge on any atom is 0.356 e. The third-order valence-corrected chi connectivity index (χ3v) is 9.79. The number of benzene rings is 3. The summed E-state index contributed by atoms with van der Waals surface area (Å²) in [6, 6.07) is 27.1. The molecule has 3 aromatic rings. The summed E-state index contributed by atoms with van der Waals surface area (Å²) >= 11 is 1.42. The molecule has 9 heteroatoms. The lowest BCUT2D eigenvalue weighted by Gasteiger charge is -2.49. The minimum atomic E-state index is -1.49. The average Bonchev–Trinajstić information content (AvgIpc) is 2.98. The molecule has 5 rings (SSSR count). The number of nitrogens with zero attached hydrogens (tertiary/aromatic N) is 1. The van der Waals surface area contributed by atoms with Gasteiger partial charge in [0.2, 0.25) is 5.91 Å². The molecule has 3 atom stereocenters. The van der Waals surface area contributed by atoms with Crippen LogP contribution in [0.5, 0.6) is 0 Å². The zero-order chi connectivity index (χ0) is 28.1. The van der Waals surface area contributed by atoms with Crippen LogP contribution in [-0.4, -0.2) is 49.8 Å². The van der Waals surface area contributed by atoms with Crippen LogP contribution in [0.15, 0.2) is 102 Å².